The lowest BCUT2D eigenvalue weighted by Crippen LogP contribution is -2.49. The first-order chi connectivity index (χ1) is 21.1. The number of piperidine rings is 1. The quantitative estimate of drug-likeness (QED) is 0.294. The van der Waals surface area contributed by atoms with Crippen molar-refractivity contribution in [3.63, 3.8) is 0 Å². The average molecular weight is 674 g/mol. The zero-order valence-electron chi connectivity index (χ0n) is 24.6. The number of carbonyl (C=O) groups excluding carboxylic acids is 2. The van der Waals surface area contributed by atoms with Crippen molar-refractivity contribution in [2.75, 3.05) is 74.2 Å². The molecule has 2 aromatic carbocycles. The Hall–Kier alpha value is -3.98. The van der Waals surface area contributed by atoms with Crippen LogP contribution in [0, 0.1) is 21.8 Å². The van der Waals surface area contributed by atoms with Crippen LogP contribution in [0.2, 0.25) is 0 Å². The van der Waals surface area contributed by atoms with Gasteiger partial charge in [-0.1, -0.05) is 0 Å². The summed E-state index contributed by atoms with van der Waals surface area (Å²) >= 11 is 3.50. The van der Waals surface area contributed by atoms with Gasteiger partial charge in [0.25, 0.3) is 0 Å². The Balaban J connectivity index is 1.06. The molecule has 0 unspecified atom stereocenters. The Labute approximate surface area is 261 Å². The highest BCUT2D eigenvalue weighted by molar-refractivity contribution is 9.10. The molecule has 0 atom stereocenters. The van der Waals surface area contributed by atoms with Gasteiger partial charge in [0, 0.05) is 87.8 Å². The normalized spacial score (nSPS) is 18.7. The predicted octanol–water partition coefficient (Wildman–Crippen LogP) is 3.88. The number of methoxy groups -OCH3 is 1. The Morgan fingerprint density at radius 1 is 1.05 bits per heavy atom. The number of nitro groups is 1. The lowest BCUT2D eigenvalue weighted by molar-refractivity contribution is -0.385. The fourth-order valence-electron chi connectivity index (χ4n) is 6.43. The number of urea groups is 1. The van der Waals surface area contributed by atoms with Gasteiger partial charge < -0.3 is 14.5 Å². The Kier molecular flexibility index (Phi) is 8.33. The summed E-state index contributed by atoms with van der Waals surface area (Å²) in [7, 11) is 3.20. The minimum absolute atomic E-state index is 0.0627. The third kappa shape index (κ3) is 5.77. The van der Waals surface area contributed by atoms with E-state index in [1.54, 1.807) is 23.9 Å². The average Bonchev–Trinajstić information content (AvgIpc) is 3.32. The molecule has 3 aliphatic heterocycles. The number of aryl methyl sites for hydroxylation is 1. The molecule has 0 spiro atoms. The molecule has 3 aliphatic rings. The maximum atomic E-state index is 15.5. The summed E-state index contributed by atoms with van der Waals surface area (Å²) in [5, 5.41) is 18.7. The van der Waals surface area contributed by atoms with Gasteiger partial charge in [-0.15, -0.1) is 0 Å². The summed E-state index contributed by atoms with van der Waals surface area (Å²) < 4.78 is 23.1. The molecule has 4 heterocycles. The third-order valence-corrected chi connectivity index (χ3v) is 9.47. The standard InChI is InChI=1S/C29H34BrFN8O5/c1-34-22-15-24(21(31)13-19(22)28(33-34)38-8-5-27(40)32-29(38)41)37-11-9-35(10-12-37)17-18-3-6-36(7-4-18)23-16-26(44-2)25(39(42)43)14-20(23)30/h13-16,18H,3-12,17H2,1-2H3,(H,32,40,41). The van der Waals surface area contributed by atoms with Crippen LogP contribution in [0.4, 0.5) is 32.1 Å². The summed E-state index contributed by atoms with van der Waals surface area (Å²) in [6, 6.07) is 5.92. The molecule has 1 N–H and O–H groups in total. The van der Waals surface area contributed by atoms with Gasteiger partial charge in [-0.25, -0.2) is 9.18 Å². The van der Waals surface area contributed by atoms with E-state index in [0.29, 0.717) is 45.9 Å². The second-order valence-electron chi connectivity index (χ2n) is 11.5. The van der Waals surface area contributed by atoms with Crippen molar-refractivity contribution in [2.24, 2.45) is 13.0 Å². The number of amides is 3. The largest absolute Gasteiger partial charge is 0.490 e. The second kappa shape index (κ2) is 12.2. The van der Waals surface area contributed by atoms with Crippen LogP contribution in [0.5, 0.6) is 5.75 Å². The molecule has 0 bridgehead atoms. The molecule has 3 aromatic rings. The van der Waals surface area contributed by atoms with E-state index in [-0.39, 0.29) is 36.1 Å². The zero-order valence-corrected chi connectivity index (χ0v) is 26.2. The Morgan fingerprint density at radius 3 is 2.41 bits per heavy atom. The van der Waals surface area contributed by atoms with Crippen molar-refractivity contribution in [1.82, 2.24) is 20.0 Å². The number of halogens is 2. The monoisotopic (exact) mass is 672 g/mol. The smallest absolute Gasteiger partial charge is 0.329 e. The Bertz CT molecular complexity index is 1620. The molecular formula is C29H34BrFN8O5. The van der Waals surface area contributed by atoms with Crippen molar-refractivity contribution in [3.8, 4) is 5.75 Å². The SMILES string of the molecule is COc1cc(N2CCC(CN3CCN(c4cc5c(cc4F)c(N4CCC(=O)NC4=O)nn5C)CC3)CC2)c(Br)cc1[N+](=O)[O-]. The molecule has 3 fully saturated rings. The number of ether oxygens (including phenoxy) is 1. The lowest BCUT2D eigenvalue weighted by Gasteiger charge is -2.40. The van der Waals surface area contributed by atoms with Crippen LogP contribution < -0.4 is 24.8 Å². The molecule has 13 nitrogen and oxygen atoms in total. The fraction of sp³-hybridized carbons (Fsp3) is 0.483. The van der Waals surface area contributed by atoms with E-state index in [0.717, 1.165) is 51.3 Å². The topological polar surface area (TPSA) is 129 Å². The van der Waals surface area contributed by atoms with Crippen LogP contribution >= 0.6 is 15.9 Å². The number of carbonyl (C=O) groups is 2. The van der Waals surface area contributed by atoms with Crippen molar-refractivity contribution in [3.05, 3.63) is 44.7 Å². The van der Waals surface area contributed by atoms with E-state index < -0.39 is 11.0 Å². The van der Waals surface area contributed by atoms with E-state index in [4.69, 9.17) is 4.74 Å². The number of imide groups is 1. The van der Waals surface area contributed by atoms with Crippen molar-refractivity contribution in [1.29, 1.82) is 0 Å². The molecule has 234 valence electrons. The number of nitrogens with one attached hydrogen (secondary N) is 1. The van der Waals surface area contributed by atoms with E-state index in [1.165, 1.54) is 24.1 Å². The number of nitrogens with zero attached hydrogens (tertiary/aromatic N) is 7. The first-order valence-corrected chi connectivity index (χ1v) is 15.4. The van der Waals surface area contributed by atoms with E-state index in [9.17, 15) is 19.7 Å². The maximum Gasteiger partial charge on any atom is 0.329 e. The molecule has 3 amide bonds. The number of nitro benzene ring substituents is 1. The summed E-state index contributed by atoms with van der Waals surface area (Å²) in [6.45, 7) is 5.89. The van der Waals surface area contributed by atoms with Crippen LogP contribution in [0.1, 0.15) is 19.3 Å². The number of anilines is 3. The van der Waals surface area contributed by atoms with Crippen LogP contribution in [-0.2, 0) is 11.8 Å². The number of piperazine rings is 1. The summed E-state index contributed by atoms with van der Waals surface area (Å²) in [5.41, 5.74) is 2.07. The zero-order chi connectivity index (χ0) is 31.1. The predicted molar refractivity (Wildman–Crippen MR) is 167 cm³/mol. The lowest BCUT2D eigenvalue weighted by atomic mass is 9.95. The minimum atomic E-state index is -0.549. The highest BCUT2D eigenvalue weighted by Crippen LogP contribution is 2.39. The highest BCUT2D eigenvalue weighted by atomic mass is 79.9. The van der Waals surface area contributed by atoms with Crippen LogP contribution in [0.25, 0.3) is 10.9 Å². The summed E-state index contributed by atoms with van der Waals surface area (Å²) in [4.78, 5) is 43.0. The number of rotatable bonds is 7. The molecule has 0 aliphatic carbocycles. The van der Waals surface area contributed by atoms with Gasteiger partial charge in [0.05, 0.1) is 28.9 Å². The molecule has 0 saturated carbocycles. The van der Waals surface area contributed by atoms with Crippen LogP contribution in [-0.4, -0.2) is 91.0 Å². The molecule has 6 rings (SSSR count). The van der Waals surface area contributed by atoms with Crippen molar-refractivity contribution >= 4 is 61.7 Å². The molecule has 3 saturated heterocycles. The number of aromatic nitrogens is 2. The number of hydrogen-bond donors (Lipinski definition) is 1. The van der Waals surface area contributed by atoms with Gasteiger partial charge >= 0.3 is 11.7 Å². The van der Waals surface area contributed by atoms with Crippen LogP contribution in [0.3, 0.4) is 0 Å². The Morgan fingerprint density at radius 2 is 1.75 bits per heavy atom. The molecular weight excluding hydrogens is 639 g/mol. The van der Waals surface area contributed by atoms with Crippen molar-refractivity contribution < 1.29 is 23.6 Å². The minimum Gasteiger partial charge on any atom is -0.490 e. The first kappa shape index (κ1) is 30.1. The first-order valence-electron chi connectivity index (χ1n) is 14.6. The molecule has 1 aromatic heterocycles. The van der Waals surface area contributed by atoms with Gasteiger partial charge in [0.2, 0.25) is 5.91 Å². The van der Waals surface area contributed by atoms with Gasteiger partial charge in [-0.05, 0) is 46.8 Å². The van der Waals surface area contributed by atoms with Crippen molar-refractivity contribution in [2.45, 2.75) is 19.3 Å². The second-order valence-corrected chi connectivity index (χ2v) is 12.3. The number of fused-ring (bicyclic) bond motifs is 1. The van der Waals surface area contributed by atoms with Crippen LogP contribution in [0.15, 0.2) is 28.7 Å². The highest BCUT2D eigenvalue weighted by Gasteiger charge is 2.30. The van der Waals surface area contributed by atoms with E-state index >= 15 is 4.39 Å². The van der Waals surface area contributed by atoms with E-state index in [2.05, 4.69) is 41.0 Å². The molecule has 0 radical (unpaired) electrons. The van der Waals surface area contributed by atoms with Gasteiger partial charge in [0.1, 0.15) is 5.82 Å². The summed E-state index contributed by atoms with van der Waals surface area (Å²) in [6.07, 6.45) is 2.17. The number of benzene rings is 2. The fourth-order valence-corrected chi connectivity index (χ4v) is 7.01. The van der Waals surface area contributed by atoms with Gasteiger partial charge in [0.15, 0.2) is 11.6 Å². The van der Waals surface area contributed by atoms with Gasteiger partial charge in [-0.2, -0.15) is 5.10 Å². The number of hydrogen-bond acceptors (Lipinski definition) is 9. The molecule has 44 heavy (non-hydrogen) atoms. The summed E-state index contributed by atoms with van der Waals surface area (Å²) in [5.74, 6) is 0.421. The van der Waals surface area contributed by atoms with E-state index in [1.807, 2.05) is 0 Å². The molecule has 15 heteroatoms. The third-order valence-electron chi connectivity index (χ3n) is 8.84. The van der Waals surface area contributed by atoms with Gasteiger partial charge in [-0.3, -0.25) is 34.7 Å². The maximum absolute atomic E-state index is 15.5.